The van der Waals surface area contributed by atoms with Gasteiger partial charge in [-0.1, -0.05) is 4.49 Å². The van der Waals surface area contributed by atoms with Crippen molar-refractivity contribution >= 4 is 22.4 Å². The van der Waals surface area contributed by atoms with Crippen LogP contribution in [0, 0.1) is 0 Å². The molecule has 3 rings (SSSR count). The van der Waals surface area contributed by atoms with Crippen LogP contribution in [-0.4, -0.2) is 51.0 Å². The molecule has 3 N–H and O–H groups in total. The van der Waals surface area contributed by atoms with E-state index in [4.69, 9.17) is 5.84 Å². The van der Waals surface area contributed by atoms with Crippen molar-refractivity contribution in [1.82, 2.24) is 19.4 Å². The molecule has 0 radical (unpaired) electrons. The molecular formula is C10H16N6OS. The van der Waals surface area contributed by atoms with Crippen molar-refractivity contribution < 1.29 is 4.79 Å². The maximum Gasteiger partial charge on any atom is 0.222 e. The zero-order valence-corrected chi connectivity index (χ0v) is 10.8. The Hall–Kier alpha value is -1.25. The van der Waals surface area contributed by atoms with Crippen LogP contribution in [0.2, 0.25) is 0 Å². The molecule has 0 aromatic carbocycles. The first-order chi connectivity index (χ1) is 8.78. The number of nitrogen functional groups attached to an aromatic ring is 1. The smallest absolute Gasteiger partial charge is 0.222 e. The highest BCUT2D eigenvalue weighted by Gasteiger charge is 2.35. The van der Waals surface area contributed by atoms with E-state index in [0.717, 1.165) is 43.3 Å². The summed E-state index contributed by atoms with van der Waals surface area (Å²) in [7, 11) is 0. The summed E-state index contributed by atoms with van der Waals surface area (Å²) >= 11 is 1.27. The van der Waals surface area contributed by atoms with E-state index in [0.29, 0.717) is 18.4 Å². The summed E-state index contributed by atoms with van der Waals surface area (Å²) in [4.78, 5) is 15.9. The van der Waals surface area contributed by atoms with Gasteiger partial charge < -0.3 is 10.3 Å². The van der Waals surface area contributed by atoms with Crippen LogP contribution in [0.5, 0.6) is 0 Å². The Kier molecular flexibility index (Phi) is 3.14. The highest BCUT2D eigenvalue weighted by molar-refractivity contribution is 7.10. The van der Waals surface area contributed by atoms with Crippen molar-refractivity contribution in [2.75, 3.05) is 25.1 Å². The fourth-order valence-electron chi connectivity index (χ4n) is 2.71. The molecule has 1 amide bonds. The highest BCUT2D eigenvalue weighted by atomic mass is 32.1. The first-order valence-corrected chi connectivity index (χ1v) is 6.85. The van der Waals surface area contributed by atoms with Crippen molar-refractivity contribution in [2.24, 2.45) is 5.84 Å². The lowest BCUT2D eigenvalue weighted by molar-refractivity contribution is -0.130. The van der Waals surface area contributed by atoms with Gasteiger partial charge in [0.2, 0.25) is 5.91 Å². The second kappa shape index (κ2) is 4.79. The number of nitrogens with two attached hydrogens (primary N) is 1. The van der Waals surface area contributed by atoms with E-state index in [1.807, 2.05) is 4.90 Å². The number of piperazine rings is 1. The van der Waals surface area contributed by atoms with Crippen LogP contribution < -0.4 is 11.3 Å². The number of nitrogens with one attached hydrogen (secondary N) is 1. The van der Waals surface area contributed by atoms with E-state index >= 15 is 0 Å². The average Bonchev–Trinajstić information content (AvgIpc) is 2.97. The summed E-state index contributed by atoms with van der Waals surface area (Å²) in [6.07, 6.45) is 1.68. The molecule has 2 fully saturated rings. The number of rotatable bonds is 3. The Balaban J connectivity index is 1.64. The summed E-state index contributed by atoms with van der Waals surface area (Å²) in [6, 6.07) is 0.382. The number of amides is 1. The van der Waals surface area contributed by atoms with Gasteiger partial charge in [-0.05, 0) is 6.42 Å². The molecule has 98 valence electrons. The number of fused-ring (bicyclic) bond motifs is 1. The van der Waals surface area contributed by atoms with Gasteiger partial charge in [-0.25, -0.2) is 5.84 Å². The van der Waals surface area contributed by atoms with E-state index in [-0.39, 0.29) is 0 Å². The third kappa shape index (κ3) is 2.06. The van der Waals surface area contributed by atoms with Gasteiger partial charge in [0.05, 0.1) is 0 Å². The number of carbonyl (C=O) groups is 1. The maximum atomic E-state index is 11.6. The van der Waals surface area contributed by atoms with E-state index in [9.17, 15) is 4.79 Å². The molecule has 7 nitrogen and oxygen atoms in total. The normalized spacial score (nSPS) is 24.4. The predicted molar refractivity (Wildman–Crippen MR) is 67.7 cm³/mol. The molecule has 0 bridgehead atoms. The number of aromatic nitrogens is 2. The number of hydrogen-bond acceptors (Lipinski definition) is 7. The molecule has 1 aromatic rings. The molecule has 1 atom stereocenters. The van der Waals surface area contributed by atoms with E-state index in [2.05, 4.69) is 19.9 Å². The lowest BCUT2D eigenvalue weighted by atomic mass is 10.1. The van der Waals surface area contributed by atoms with E-state index in [1.54, 1.807) is 0 Å². The van der Waals surface area contributed by atoms with Crippen LogP contribution in [-0.2, 0) is 11.3 Å². The quantitative estimate of drug-likeness (QED) is 0.574. The summed E-state index contributed by atoms with van der Waals surface area (Å²) in [6.45, 7) is 3.39. The Labute approximate surface area is 109 Å². The lowest BCUT2D eigenvalue weighted by Gasteiger charge is -2.37. The zero-order valence-electron chi connectivity index (χ0n) is 10.0. The van der Waals surface area contributed by atoms with Crippen molar-refractivity contribution in [2.45, 2.75) is 25.4 Å². The third-order valence-corrected chi connectivity index (χ3v) is 4.34. The maximum absolute atomic E-state index is 11.6. The van der Waals surface area contributed by atoms with Crippen LogP contribution in [0.15, 0.2) is 0 Å². The Morgan fingerprint density at radius 1 is 1.50 bits per heavy atom. The Morgan fingerprint density at radius 2 is 2.39 bits per heavy atom. The standard InChI is InChI=1S/C10H16N6OS/c11-12-10-8(13-14-18-10)6-15-3-4-16-7(5-15)1-2-9(16)17/h7,12H,1-6,11H2. The van der Waals surface area contributed by atoms with Crippen LogP contribution in [0.4, 0.5) is 5.00 Å². The molecule has 18 heavy (non-hydrogen) atoms. The minimum atomic E-state index is 0.305. The Morgan fingerprint density at radius 3 is 3.22 bits per heavy atom. The van der Waals surface area contributed by atoms with Crippen LogP contribution in [0.25, 0.3) is 0 Å². The van der Waals surface area contributed by atoms with Crippen LogP contribution in [0.3, 0.4) is 0 Å². The number of hydrazine groups is 1. The number of anilines is 1. The van der Waals surface area contributed by atoms with Gasteiger partial charge in [-0.2, -0.15) is 0 Å². The van der Waals surface area contributed by atoms with Gasteiger partial charge in [0.25, 0.3) is 0 Å². The zero-order chi connectivity index (χ0) is 12.5. The summed E-state index contributed by atoms with van der Waals surface area (Å²) in [5.74, 6) is 5.72. The number of nitrogens with zero attached hydrogens (tertiary/aromatic N) is 4. The van der Waals surface area contributed by atoms with Gasteiger partial charge in [-0.15, -0.1) is 5.10 Å². The third-order valence-electron chi connectivity index (χ3n) is 3.64. The van der Waals surface area contributed by atoms with Gasteiger partial charge in [0, 0.05) is 50.2 Å². The van der Waals surface area contributed by atoms with Gasteiger partial charge >= 0.3 is 0 Å². The molecule has 2 aliphatic heterocycles. The van der Waals surface area contributed by atoms with Gasteiger partial charge in [0.1, 0.15) is 10.7 Å². The molecule has 1 aromatic heterocycles. The minimum absolute atomic E-state index is 0.305. The molecular weight excluding hydrogens is 252 g/mol. The second-order valence-electron chi connectivity index (χ2n) is 4.71. The fraction of sp³-hybridized carbons (Fsp3) is 0.700. The molecule has 1 unspecified atom stereocenters. The van der Waals surface area contributed by atoms with Crippen molar-refractivity contribution in [3.8, 4) is 0 Å². The second-order valence-corrected chi connectivity index (χ2v) is 5.46. The average molecular weight is 268 g/mol. The van der Waals surface area contributed by atoms with Crippen molar-refractivity contribution in [1.29, 1.82) is 0 Å². The number of carbonyl (C=O) groups excluding carboxylic acids is 1. The largest absolute Gasteiger partial charge is 0.337 e. The van der Waals surface area contributed by atoms with E-state index < -0.39 is 0 Å². The van der Waals surface area contributed by atoms with Crippen molar-refractivity contribution in [3.05, 3.63) is 5.69 Å². The van der Waals surface area contributed by atoms with E-state index in [1.165, 1.54) is 11.5 Å². The molecule has 3 heterocycles. The summed E-state index contributed by atoms with van der Waals surface area (Å²) in [5.41, 5.74) is 3.51. The molecule has 2 saturated heterocycles. The van der Waals surface area contributed by atoms with Gasteiger partial charge in [-0.3, -0.25) is 9.69 Å². The predicted octanol–water partition coefficient (Wildman–Crippen LogP) is -0.370. The monoisotopic (exact) mass is 268 g/mol. The molecule has 0 spiro atoms. The molecule has 0 aliphatic carbocycles. The summed E-state index contributed by atoms with van der Waals surface area (Å²) in [5, 5.41) is 4.90. The number of hydrogen-bond donors (Lipinski definition) is 2. The molecule has 8 heteroatoms. The lowest BCUT2D eigenvalue weighted by Crippen LogP contribution is -2.51. The molecule has 0 saturated carbocycles. The van der Waals surface area contributed by atoms with Crippen LogP contribution in [0.1, 0.15) is 18.5 Å². The van der Waals surface area contributed by atoms with Gasteiger partial charge in [0.15, 0.2) is 0 Å². The van der Waals surface area contributed by atoms with Crippen molar-refractivity contribution in [3.63, 3.8) is 0 Å². The summed E-state index contributed by atoms with van der Waals surface area (Å²) < 4.78 is 3.89. The van der Waals surface area contributed by atoms with Crippen LogP contribution >= 0.6 is 11.5 Å². The minimum Gasteiger partial charge on any atom is -0.337 e. The molecule has 2 aliphatic rings. The highest BCUT2D eigenvalue weighted by Crippen LogP contribution is 2.25. The Bertz CT molecular complexity index is 449. The topological polar surface area (TPSA) is 87.4 Å². The first-order valence-electron chi connectivity index (χ1n) is 6.07. The first kappa shape index (κ1) is 11.8. The fourth-order valence-corrected chi connectivity index (χ4v) is 3.19. The SMILES string of the molecule is NNc1snnc1CN1CCN2C(=O)CCC2C1.